The van der Waals surface area contributed by atoms with Crippen molar-refractivity contribution in [2.75, 3.05) is 19.7 Å². The summed E-state index contributed by atoms with van der Waals surface area (Å²) in [6, 6.07) is 0.342. The van der Waals surface area contributed by atoms with Crippen LogP contribution in [0.2, 0.25) is 0 Å². The summed E-state index contributed by atoms with van der Waals surface area (Å²) in [7, 11) is 0. The highest BCUT2D eigenvalue weighted by atomic mass is 16.5. The summed E-state index contributed by atoms with van der Waals surface area (Å²) in [4.78, 5) is 11.4. The number of hydrogen-bond donors (Lipinski definition) is 2. The van der Waals surface area contributed by atoms with Crippen LogP contribution in [0.4, 0.5) is 4.79 Å². The molecule has 0 bridgehead atoms. The van der Waals surface area contributed by atoms with Gasteiger partial charge < -0.3 is 15.4 Å². The largest absolute Gasteiger partial charge is 0.450 e. The van der Waals surface area contributed by atoms with Gasteiger partial charge in [-0.3, -0.25) is 0 Å². The number of amides is 1. The second kappa shape index (κ2) is 9.28. The Balaban J connectivity index is 1.93. The lowest BCUT2D eigenvalue weighted by atomic mass is 9.96. The maximum atomic E-state index is 11.4. The standard InChI is InChI=1S/C13H26N2O2/c1-2-9-14-10-6-11-17-13(16)15-12-7-4-3-5-8-12/h12,14H,2-11H2,1H3,(H,15,16). The number of nitrogens with one attached hydrogen (secondary N) is 2. The molecule has 0 aliphatic heterocycles. The van der Waals surface area contributed by atoms with Crippen LogP contribution >= 0.6 is 0 Å². The Bertz CT molecular complexity index is 204. The zero-order valence-electron chi connectivity index (χ0n) is 11.0. The van der Waals surface area contributed by atoms with Crippen molar-refractivity contribution in [3.8, 4) is 0 Å². The first kappa shape index (κ1) is 14.3. The van der Waals surface area contributed by atoms with Crippen LogP contribution in [0.25, 0.3) is 0 Å². The lowest BCUT2D eigenvalue weighted by molar-refractivity contribution is 0.138. The van der Waals surface area contributed by atoms with Gasteiger partial charge in [-0.1, -0.05) is 26.2 Å². The molecule has 0 heterocycles. The van der Waals surface area contributed by atoms with E-state index in [2.05, 4.69) is 17.6 Å². The van der Waals surface area contributed by atoms with E-state index in [-0.39, 0.29) is 6.09 Å². The van der Waals surface area contributed by atoms with Gasteiger partial charge in [0.05, 0.1) is 6.61 Å². The van der Waals surface area contributed by atoms with E-state index >= 15 is 0 Å². The molecule has 1 fully saturated rings. The lowest BCUT2D eigenvalue weighted by Gasteiger charge is -2.22. The van der Waals surface area contributed by atoms with Crippen LogP contribution in [0, 0.1) is 0 Å². The average molecular weight is 242 g/mol. The van der Waals surface area contributed by atoms with Gasteiger partial charge in [0.15, 0.2) is 0 Å². The molecule has 1 aliphatic rings. The molecular formula is C13H26N2O2. The summed E-state index contributed by atoms with van der Waals surface area (Å²) in [5, 5.41) is 6.22. The van der Waals surface area contributed by atoms with Crippen LogP contribution in [-0.2, 0) is 4.74 Å². The van der Waals surface area contributed by atoms with Crippen LogP contribution in [0.15, 0.2) is 0 Å². The van der Waals surface area contributed by atoms with Crippen molar-refractivity contribution < 1.29 is 9.53 Å². The van der Waals surface area contributed by atoms with E-state index in [0.29, 0.717) is 12.6 Å². The number of carbonyl (C=O) groups is 1. The molecule has 4 heteroatoms. The first-order valence-corrected chi connectivity index (χ1v) is 6.97. The summed E-state index contributed by atoms with van der Waals surface area (Å²) in [6.07, 6.45) is 7.75. The number of carbonyl (C=O) groups excluding carboxylic acids is 1. The van der Waals surface area contributed by atoms with Gasteiger partial charge in [-0.2, -0.15) is 0 Å². The Kier molecular flexibility index (Phi) is 7.80. The second-order valence-corrected chi connectivity index (χ2v) is 4.72. The molecule has 0 aromatic heterocycles. The van der Waals surface area contributed by atoms with E-state index in [0.717, 1.165) is 38.8 Å². The zero-order valence-corrected chi connectivity index (χ0v) is 11.0. The molecule has 0 atom stereocenters. The van der Waals surface area contributed by atoms with Crippen LogP contribution in [-0.4, -0.2) is 31.8 Å². The molecule has 0 spiro atoms. The highest BCUT2D eigenvalue weighted by Crippen LogP contribution is 2.17. The molecule has 0 radical (unpaired) electrons. The summed E-state index contributed by atoms with van der Waals surface area (Å²) in [5.41, 5.74) is 0. The third kappa shape index (κ3) is 7.21. The molecule has 0 saturated heterocycles. The number of rotatable bonds is 7. The molecular weight excluding hydrogens is 216 g/mol. The minimum absolute atomic E-state index is 0.243. The van der Waals surface area contributed by atoms with E-state index in [1.807, 2.05) is 0 Å². The predicted octanol–water partition coefficient (Wildman–Crippen LogP) is 2.43. The molecule has 17 heavy (non-hydrogen) atoms. The Labute approximate surface area is 104 Å². The fourth-order valence-electron chi connectivity index (χ4n) is 2.12. The smallest absolute Gasteiger partial charge is 0.407 e. The maximum Gasteiger partial charge on any atom is 0.407 e. The van der Waals surface area contributed by atoms with Gasteiger partial charge in [0.25, 0.3) is 0 Å². The SMILES string of the molecule is CCCNCCCOC(=O)NC1CCCCC1. The van der Waals surface area contributed by atoms with Gasteiger partial charge in [-0.25, -0.2) is 4.79 Å². The van der Waals surface area contributed by atoms with Crippen molar-refractivity contribution in [2.24, 2.45) is 0 Å². The topological polar surface area (TPSA) is 50.4 Å². The zero-order chi connectivity index (χ0) is 12.3. The summed E-state index contributed by atoms with van der Waals surface area (Å²) < 4.78 is 5.13. The second-order valence-electron chi connectivity index (χ2n) is 4.72. The van der Waals surface area contributed by atoms with Crippen LogP contribution < -0.4 is 10.6 Å². The van der Waals surface area contributed by atoms with E-state index in [4.69, 9.17) is 4.74 Å². The highest BCUT2D eigenvalue weighted by Gasteiger charge is 2.15. The quantitative estimate of drug-likeness (QED) is 0.674. The highest BCUT2D eigenvalue weighted by molar-refractivity contribution is 5.67. The van der Waals surface area contributed by atoms with Gasteiger partial charge in [0, 0.05) is 6.04 Å². The van der Waals surface area contributed by atoms with Crippen LogP contribution in [0.3, 0.4) is 0 Å². The maximum absolute atomic E-state index is 11.4. The minimum atomic E-state index is -0.243. The number of hydrogen-bond acceptors (Lipinski definition) is 3. The van der Waals surface area contributed by atoms with E-state index in [1.54, 1.807) is 0 Å². The first-order valence-electron chi connectivity index (χ1n) is 6.97. The van der Waals surface area contributed by atoms with E-state index in [1.165, 1.54) is 19.3 Å². The van der Waals surface area contributed by atoms with Crippen molar-refractivity contribution in [2.45, 2.75) is 57.9 Å². The third-order valence-corrected chi connectivity index (χ3v) is 3.08. The monoisotopic (exact) mass is 242 g/mol. The first-order chi connectivity index (χ1) is 8.33. The lowest BCUT2D eigenvalue weighted by Crippen LogP contribution is -2.36. The summed E-state index contributed by atoms with van der Waals surface area (Å²) in [6.45, 7) is 4.61. The predicted molar refractivity (Wildman–Crippen MR) is 69.1 cm³/mol. The Morgan fingerprint density at radius 1 is 1.24 bits per heavy atom. The van der Waals surface area contributed by atoms with E-state index in [9.17, 15) is 4.79 Å². The average Bonchev–Trinajstić information content (AvgIpc) is 2.35. The fourth-order valence-corrected chi connectivity index (χ4v) is 2.12. The van der Waals surface area contributed by atoms with Crippen molar-refractivity contribution in [3.63, 3.8) is 0 Å². The van der Waals surface area contributed by atoms with Gasteiger partial charge in [-0.05, 0) is 38.8 Å². The molecule has 100 valence electrons. The van der Waals surface area contributed by atoms with Crippen molar-refractivity contribution in [3.05, 3.63) is 0 Å². The Morgan fingerprint density at radius 3 is 2.71 bits per heavy atom. The minimum Gasteiger partial charge on any atom is -0.450 e. The van der Waals surface area contributed by atoms with Crippen molar-refractivity contribution in [1.29, 1.82) is 0 Å². The summed E-state index contributed by atoms with van der Waals surface area (Å²) >= 11 is 0. The molecule has 4 nitrogen and oxygen atoms in total. The molecule has 0 aromatic rings. The molecule has 1 amide bonds. The normalized spacial score (nSPS) is 16.8. The van der Waals surface area contributed by atoms with Crippen molar-refractivity contribution in [1.82, 2.24) is 10.6 Å². The fraction of sp³-hybridized carbons (Fsp3) is 0.923. The van der Waals surface area contributed by atoms with Gasteiger partial charge >= 0.3 is 6.09 Å². The van der Waals surface area contributed by atoms with Crippen LogP contribution in [0.5, 0.6) is 0 Å². The molecule has 1 rings (SSSR count). The van der Waals surface area contributed by atoms with Gasteiger partial charge in [0.2, 0.25) is 0 Å². The molecule has 1 saturated carbocycles. The van der Waals surface area contributed by atoms with Crippen LogP contribution in [0.1, 0.15) is 51.9 Å². The van der Waals surface area contributed by atoms with Gasteiger partial charge in [-0.15, -0.1) is 0 Å². The Morgan fingerprint density at radius 2 is 2.00 bits per heavy atom. The third-order valence-electron chi connectivity index (χ3n) is 3.08. The Hall–Kier alpha value is -0.770. The van der Waals surface area contributed by atoms with Crippen molar-refractivity contribution >= 4 is 6.09 Å². The number of alkyl carbamates (subject to hydrolysis) is 1. The number of ether oxygens (including phenoxy) is 1. The molecule has 0 aromatic carbocycles. The molecule has 1 aliphatic carbocycles. The molecule has 0 unspecified atom stereocenters. The van der Waals surface area contributed by atoms with Gasteiger partial charge in [0.1, 0.15) is 0 Å². The summed E-state index contributed by atoms with van der Waals surface area (Å²) in [5.74, 6) is 0. The van der Waals surface area contributed by atoms with E-state index < -0.39 is 0 Å². The molecule has 2 N–H and O–H groups in total.